The predicted molar refractivity (Wildman–Crippen MR) is 102 cm³/mol. The molecule has 8 nitrogen and oxygen atoms in total. The van der Waals surface area contributed by atoms with Gasteiger partial charge in [0, 0.05) is 44.0 Å². The van der Waals surface area contributed by atoms with Crippen LogP contribution in [-0.2, 0) is 11.3 Å². The molecule has 8 heteroatoms. The van der Waals surface area contributed by atoms with Gasteiger partial charge in [-0.3, -0.25) is 0 Å². The Balaban J connectivity index is 1.34. The highest BCUT2D eigenvalue weighted by molar-refractivity contribution is 5.56. The van der Waals surface area contributed by atoms with E-state index in [1.54, 1.807) is 6.20 Å². The molecule has 0 saturated carbocycles. The van der Waals surface area contributed by atoms with Gasteiger partial charge in [-0.1, -0.05) is 5.16 Å². The monoisotopic (exact) mass is 372 g/mol. The van der Waals surface area contributed by atoms with Crippen LogP contribution in [0.2, 0.25) is 0 Å². The molecule has 2 fully saturated rings. The van der Waals surface area contributed by atoms with Gasteiger partial charge in [0.05, 0.1) is 6.10 Å². The normalized spacial score (nSPS) is 22.3. The summed E-state index contributed by atoms with van der Waals surface area (Å²) in [7, 11) is 2.14. The molecule has 0 radical (unpaired) electrons. The summed E-state index contributed by atoms with van der Waals surface area (Å²) in [6, 6.07) is 4.21. The molecule has 27 heavy (non-hydrogen) atoms. The lowest BCUT2D eigenvalue weighted by Gasteiger charge is -2.31. The number of hydrogen-bond acceptors (Lipinski definition) is 8. The van der Waals surface area contributed by atoms with Crippen LogP contribution >= 0.6 is 0 Å². The zero-order valence-electron chi connectivity index (χ0n) is 15.9. The van der Waals surface area contributed by atoms with E-state index in [1.807, 2.05) is 12.1 Å². The lowest BCUT2D eigenvalue weighted by Crippen LogP contribution is -2.43. The molecule has 0 bridgehead atoms. The number of hydrogen-bond donors (Lipinski definition) is 1. The van der Waals surface area contributed by atoms with Gasteiger partial charge in [-0.05, 0) is 44.9 Å². The number of piperidine rings is 2. The van der Waals surface area contributed by atoms with Crippen molar-refractivity contribution in [2.24, 2.45) is 5.73 Å². The van der Waals surface area contributed by atoms with Crippen molar-refractivity contribution in [2.75, 3.05) is 38.1 Å². The highest BCUT2D eigenvalue weighted by atomic mass is 16.5. The number of anilines is 1. The van der Waals surface area contributed by atoms with Gasteiger partial charge in [0.25, 0.3) is 5.89 Å². The second kappa shape index (κ2) is 8.33. The number of likely N-dealkylation sites (tertiary alicyclic amines) is 1. The van der Waals surface area contributed by atoms with E-state index in [-0.39, 0.29) is 12.1 Å². The summed E-state index contributed by atoms with van der Waals surface area (Å²) >= 11 is 0. The number of pyridine rings is 1. The molecule has 2 aliphatic rings. The van der Waals surface area contributed by atoms with Gasteiger partial charge >= 0.3 is 0 Å². The molecular weight excluding hydrogens is 344 g/mol. The molecule has 2 aliphatic heterocycles. The largest absolute Gasteiger partial charge is 0.368 e. The first kappa shape index (κ1) is 18.3. The Hall–Kier alpha value is -2.03. The van der Waals surface area contributed by atoms with Crippen LogP contribution < -0.4 is 10.6 Å². The minimum absolute atomic E-state index is 0.226. The Kier molecular flexibility index (Phi) is 5.66. The Morgan fingerprint density at radius 3 is 2.81 bits per heavy atom. The number of nitrogens with zero attached hydrogens (tertiary/aromatic N) is 5. The quantitative estimate of drug-likeness (QED) is 0.847. The van der Waals surface area contributed by atoms with Crippen LogP contribution in [0.3, 0.4) is 0 Å². The van der Waals surface area contributed by atoms with Crippen molar-refractivity contribution in [2.45, 2.75) is 44.4 Å². The molecule has 0 aromatic carbocycles. The van der Waals surface area contributed by atoms with Gasteiger partial charge in [-0.2, -0.15) is 4.98 Å². The summed E-state index contributed by atoms with van der Waals surface area (Å²) in [5, 5.41) is 4.07. The maximum atomic E-state index is 6.06. The molecule has 2 saturated heterocycles. The number of rotatable bonds is 5. The van der Waals surface area contributed by atoms with Crippen molar-refractivity contribution in [3.63, 3.8) is 0 Å². The Bertz CT molecular complexity index is 726. The minimum Gasteiger partial charge on any atom is -0.368 e. The van der Waals surface area contributed by atoms with E-state index in [2.05, 4.69) is 32.0 Å². The summed E-state index contributed by atoms with van der Waals surface area (Å²) in [6.45, 7) is 4.35. The van der Waals surface area contributed by atoms with Crippen molar-refractivity contribution in [3.8, 4) is 11.4 Å². The topological polar surface area (TPSA) is 93.5 Å². The van der Waals surface area contributed by atoms with Crippen molar-refractivity contribution in [1.82, 2.24) is 20.0 Å². The van der Waals surface area contributed by atoms with Crippen LogP contribution in [0.25, 0.3) is 11.4 Å². The third-order valence-electron chi connectivity index (χ3n) is 5.36. The van der Waals surface area contributed by atoms with Crippen molar-refractivity contribution < 1.29 is 9.26 Å². The minimum atomic E-state index is 0.226. The van der Waals surface area contributed by atoms with E-state index in [1.165, 1.54) is 0 Å². The summed E-state index contributed by atoms with van der Waals surface area (Å²) in [4.78, 5) is 13.6. The number of nitrogens with two attached hydrogens (primary N) is 1. The van der Waals surface area contributed by atoms with Crippen molar-refractivity contribution in [1.29, 1.82) is 0 Å². The fraction of sp³-hybridized carbons (Fsp3) is 0.632. The molecule has 1 atom stereocenters. The van der Waals surface area contributed by atoms with E-state index < -0.39 is 0 Å². The average Bonchev–Trinajstić information content (AvgIpc) is 3.17. The van der Waals surface area contributed by atoms with E-state index in [4.69, 9.17) is 15.0 Å². The second-order valence-electron chi connectivity index (χ2n) is 7.58. The van der Waals surface area contributed by atoms with E-state index in [9.17, 15) is 0 Å². The van der Waals surface area contributed by atoms with Crippen LogP contribution in [0.5, 0.6) is 0 Å². The SMILES string of the molecule is CN1CCC(OCc2nc(-c3ccc(N4CCCC(N)C4)nc3)no2)CC1. The summed E-state index contributed by atoms with van der Waals surface area (Å²) in [6.07, 6.45) is 6.35. The second-order valence-corrected chi connectivity index (χ2v) is 7.58. The van der Waals surface area contributed by atoms with Crippen LogP contribution in [0, 0.1) is 0 Å². The van der Waals surface area contributed by atoms with Gasteiger partial charge < -0.3 is 24.8 Å². The third-order valence-corrected chi connectivity index (χ3v) is 5.36. The summed E-state index contributed by atoms with van der Waals surface area (Å²) in [5.74, 6) is 2.00. The summed E-state index contributed by atoms with van der Waals surface area (Å²) in [5.41, 5.74) is 6.90. The molecule has 0 spiro atoms. The maximum Gasteiger partial charge on any atom is 0.252 e. The van der Waals surface area contributed by atoms with Gasteiger partial charge in [-0.15, -0.1) is 0 Å². The van der Waals surface area contributed by atoms with Gasteiger partial charge in [0.1, 0.15) is 12.4 Å². The van der Waals surface area contributed by atoms with Crippen molar-refractivity contribution in [3.05, 3.63) is 24.2 Å². The molecule has 2 N–H and O–H groups in total. The zero-order chi connectivity index (χ0) is 18.6. The third kappa shape index (κ3) is 4.63. The Labute approximate surface area is 159 Å². The zero-order valence-corrected chi connectivity index (χ0v) is 15.9. The summed E-state index contributed by atoms with van der Waals surface area (Å²) < 4.78 is 11.3. The first-order valence-corrected chi connectivity index (χ1v) is 9.77. The lowest BCUT2D eigenvalue weighted by molar-refractivity contribution is -0.00830. The van der Waals surface area contributed by atoms with Crippen LogP contribution in [0.15, 0.2) is 22.9 Å². The van der Waals surface area contributed by atoms with E-state index in [0.29, 0.717) is 18.3 Å². The Morgan fingerprint density at radius 1 is 1.22 bits per heavy atom. The fourth-order valence-corrected chi connectivity index (χ4v) is 3.69. The maximum absolute atomic E-state index is 6.06. The van der Waals surface area contributed by atoms with Gasteiger partial charge in [0.2, 0.25) is 5.82 Å². The molecule has 0 aliphatic carbocycles. The van der Waals surface area contributed by atoms with Crippen molar-refractivity contribution >= 4 is 5.82 Å². The molecule has 2 aromatic heterocycles. The van der Waals surface area contributed by atoms with E-state index >= 15 is 0 Å². The van der Waals surface area contributed by atoms with Gasteiger partial charge in [0.15, 0.2) is 0 Å². The number of aromatic nitrogens is 3. The lowest BCUT2D eigenvalue weighted by atomic mass is 10.1. The molecule has 4 rings (SSSR count). The van der Waals surface area contributed by atoms with E-state index in [0.717, 1.165) is 63.2 Å². The number of ether oxygens (including phenoxy) is 1. The molecule has 4 heterocycles. The molecule has 1 unspecified atom stereocenters. The smallest absolute Gasteiger partial charge is 0.252 e. The predicted octanol–water partition coefficient (Wildman–Crippen LogP) is 1.67. The molecule has 2 aromatic rings. The highest BCUT2D eigenvalue weighted by Crippen LogP contribution is 2.21. The highest BCUT2D eigenvalue weighted by Gasteiger charge is 2.20. The van der Waals surface area contributed by atoms with Crippen LogP contribution in [-0.4, -0.2) is 65.4 Å². The molecule has 0 amide bonds. The van der Waals surface area contributed by atoms with Crippen LogP contribution in [0.1, 0.15) is 31.6 Å². The molecular formula is C19H28N6O2. The standard InChI is InChI=1S/C19H28N6O2/c1-24-9-6-16(7-10-24)26-13-18-22-19(23-27-18)14-4-5-17(21-11-14)25-8-2-3-15(20)12-25/h4-5,11,15-16H,2-3,6-10,12-13,20H2,1H3. The molecule has 146 valence electrons. The first-order valence-electron chi connectivity index (χ1n) is 9.77. The first-order chi connectivity index (χ1) is 13.2. The average molecular weight is 372 g/mol. The Morgan fingerprint density at radius 2 is 2.07 bits per heavy atom. The fourth-order valence-electron chi connectivity index (χ4n) is 3.69. The van der Waals surface area contributed by atoms with Crippen LogP contribution in [0.4, 0.5) is 5.82 Å². The van der Waals surface area contributed by atoms with Gasteiger partial charge in [-0.25, -0.2) is 4.98 Å².